The zero-order valence-corrected chi connectivity index (χ0v) is 8.91. The van der Waals surface area contributed by atoms with Gasteiger partial charge in [0.1, 0.15) is 0 Å². The van der Waals surface area contributed by atoms with Crippen LogP contribution in [-0.2, 0) is 14.3 Å². The van der Waals surface area contributed by atoms with E-state index >= 15 is 0 Å². The summed E-state index contributed by atoms with van der Waals surface area (Å²) in [4.78, 5) is 11.5. The molecule has 15 heavy (non-hydrogen) atoms. The van der Waals surface area contributed by atoms with E-state index in [9.17, 15) is 9.90 Å². The van der Waals surface area contributed by atoms with Gasteiger partial charge >= 0.3 is 5.97 Å². The maximum atomic E-state index is 11.5. The number of carbonyl (C=O) groups is 1. The molecule has 0 aromatic rings. The first-order valence-corrected chi connectivity index (χ1v) is 5.64. The third-order valence-electron chi connectivity index (χ3n) is 3.70. The van der Waals surface area contributed by atoms with Gasteiger partial charge in [0.05, 0.1) is 12.0 Å². The molecule has 0 amide bonds. The predicted molar refractivity (Wildman–Crippen MR) is 53.7 cm³/mol. The Hall–Kier alpha value is -0.610. The first-order valence-electron chi connectivity index (χ1n) is 5.64. The van der Waals surface area contributed by atoms with Crippen LogP contribution in [0, 0.1) is 11.3 Å². The van der Waals surface area contributed by atoms with E-state index in [-0.39, 0.29) is 5.92 Å². The topological polar surface area (TPSA) is 55.8 Å². The molecule has 86 valence electrons. The summed E-state index contributed by atoms with van der Waals surface area (Å²) in [5.74, 6) is -0.460. The molecule has 0 aromatic heterocycles. The molecule has 1 unspecified atom stereocenters. The normalized spacial score (nSPS) is 33.9. The second-order valence-corrected chi connectivity index (χ2v) is 4.50. The third kappa shape index (κ3) is 2.01. The van der Waals surface area contributed by atoms with Gasteiger partial charge in [-0.05, 0) is 31.6 Å². The highest BCUT2D eigenvalue weighted by atomic mass is 16.5. The molecule has 0 bridgehead atoms. The van der Waals surface area contributed by atoms with E-state index in [1.54, 1.807) is 0 Å². The van der Waals surface area contributed by atoms with Crippen LogP contribution < -0.4 is 0 Å². The second-order valence-electron chi connectivity index (χ2n) is 4.50. The van der Waals surface area contributed by atoms with Crippen molar-refractivity contribution in [2.45, 2.75) is 25.7 Å². The number of ether oxygens (including phenoxy) is 2. The van der Waals surface area contributed by atoms with Gasteiger partial charge in [-0.15, -0.1) is 0 Å². The molecule has 2 aliphatic rings. The smallest absolute Gasteiger partial charge is 0.312 e. The van der Waals surface area contributed by atoms with Gasteiger partial charge in [-0.1, -0.05) is 0 Å². The highest BCUT2D eigenvalue weighted by molar-refractivity contribution is 5.75. The van der Waals surface area contributed by atoms with Crippen molar-refractivity contribution >= 4 is 5.97 Å². The molecule has 0 radical (unpaired) electrons. The average Bonchev–Trinajstić information content (AvgIpc) is 2.31. The van der Waals surface area contributed by atoms with Gasteiger partial charge in [0, 0.05) is 19.8 Å². The summed E-state index contributed by atoms with van der Waals surface area (Å²) in [6.07, 6.45) is 3.34. The molecule has 0 aromatic carbocycles. The van der Waals surface area contributed by atoms with Crippen molar-refractivity contribution in [1.82, 2.24) is 0 Å². The molecule has 0 saturated carbocycles. The molecule has 2 fully saturated rings. The van der Waals surface area contributed by atoms with E-state index in [4.69, 9.17) is 9.47 Å². The zero-order chi connectivity index (χ0) is 10.7. The van der Waals surface area contributed by atoms with Crippen molar-refractivity contribution in [2.24, 2.45) is 11.3 Å². The summed E-state index contributed by atoms with van der Waals surface area (Å²) in [5, 5.41) is 9.42. The Morgan fingerprint density at radius 3 is 2.47 bits per heavy atom. The minimum atomic E-state index is -0.686. The lowest BCUT2D eigenvalue weighted by atomic mass is 9.68. The quantitative estimate of drug-likeness (QED) is 0.752. The van der Waals surface area contributed by atoms with Crippen LogP contribution in [0.1, 0.15) is 25.7 Å². The van der Waals surface area contributed by atoms with Gasteiger partial charge < -0.3 is 14.6 Å². The van der Waals surface area contributed by atoms with E-state index in [2.05, 4.69) is 0 Å². The van der Waals surface area contributed by atoms with Gasteiger partial charge in [-0.2, -0.15) is 0 Å². The fourth-order valence-corrected chi connectivity index (χ4v) is 2.73. The second kappa shape index (κ2) is 4.49. The number of carboxylic acids is 1. The van der Waals surface area contributed by atoms with Crippen molar-refractivity contribution in [1.29, 1.82) is 0 Å². The fraction of sp³-hybridized carbons (Fsp3) is 0.909. The summed E-state index contributed by atoms with van der Waals surface area (Å²) in [7, 11) is 0. The van der Waals surface area contributed by atoms with Crippen LogP contribution in [-0.4, -0.2) is 37.5 Å². The Balaban J connectivity index is 2.12. The van der Waals surface area contributed by atoms with Crippen LogP contribution >= 0.6 is 0 Å². The molecule has 2 rings (SSSR count). The molecule has 0 spiro atoms. The first-order chi connectivity index (χ1) is 7.26. The Morgan fingerprint density at radius 1 is 1.20 bits per heavy atom. The summed E-state index contributed by atoms with van der Waals surface area (Å²) < 4.78 is 10.7. The van der Waals surface area contributed by atoms with Gasteiger partial charge in [0.25, 0.3) is 0 Å². The van der Waals surface area contributed by atoms with Crippen LogP contribution in [0.15, 0.2) is 0 Å². The van der Waals surface area contributed by atoms with Crippen molar-refractivity contribution < 1.29 is 19.4 Å². The molecule has 2 heterocycles. The molecule has 2 aliphatic heterocycles. The Labute approximate surface area is 89.6 Å². The molecular formula is C11H18O4. The van der Waals surface area contributed by atoms with E-state index in [0.717, 1.165) is 25.7 Å². The minimum absolute atomic E-state index is 0.226. The van der Waals surface area contributed by atoms with E-state index in [1.807, 2.05) is 0 Å². The Kier molecular flexibility index (Phi) is 3.26. The largest absolute Gasteiger partial charge is 0.481 e. The van der Waals surface area contributed by atoms with Crippen LogP contribution in [0.3, 0.4) is 0 Å². The summed E-state index contributed by atoms with van der Waals surface area (Å²) >= 11 is 0. The lowest BCUT2D eigenvalue weighted by Crippen LogP contribution is -2.47. The molecule has 0 aliphatic carbocycles. The van der Waals surface area contributed by atoms with Gasteiger partial charge in [0.2, 0.25) is 0 Å². The highest BCUT2D eigenvalue weighted by Crippen LogP contribution is 2.41. The summed E-state index contributed by atoms with van der Waals surface area (Å²) in [6, 6.07) is 0. The van der Waals surface area contributed by atoms with Crippen LogP contribution in [0.25, 0.3) is 0 Å². The Bertz CT molecular complexity index is 227. The number of hydrogen-bond donors (Lipinski definition) is 1. The van der Waals surface area contributed by atoms with Crippen molar-refractivity contribution in [2.75, 3.05) is 26.4 Å². The van der Waals surface area contributed by atoms with Gasteiger partial charge in [-0.25, -0.2) is 0 Å². The third-order valence-corrected chi connectivity index (χ3v) is 3.70. The number of hydrogen-bond acceptors (Lipinski definition) is 3. The first kappa shape index (κ1) is 10.9. The van der Waals surface area contributed by atoms with Gasteiger partial charge in [0.15, 0.2) is 0 Å². The SMILES string of the molecule is O=C(O)C1(C2CCOCC2)CCCOC1. The predicted octanol–water partition coefficient (Wildman–Crippen LogP) is 1.29. The maximum Gasteiger partial charge on any atom is 0.312 e. The molecule has 4 nitrogen and oxygen atoms in total. The highest BCUT2D eigenvalue weighted by Gasteiger charge is 2.47. The van der Waals surface area contributed by atoms with Crippen molar-refractivity contribution in [3.63, 3.8) is 0 Å². The van der Waals surface area contributed by atoms with Crippen LogP contribution in [0.2, 0.25) is 0 Å². The maximum absolute atomic E-state index is 11.5. The van der Waals surface area contributed by atoms with Crippen molar-refractivity contribution in [3.05, 3.63) is 0 Å². The molecule has 1 N–H and O–H groups in total. The minimum Gasteiger partial charge on any atom is -0.481 e. The standard InChI is InChI=1S/C11H18O4/c12-10(13)11(4-1-5-15-8-11)9-2-6-14-7-3-9/h9H,1-8H2,(H,12,13). The van der Waals surface area contributed by atoms with Crippen LogP contribution in [0.5, 0.6) is 0 Å². The number of carboxylic acid groups (broad SMARTS) is 1. The van der Waals surface area contributed by atoms with E-state index in [0.29, 0.717) is 26.4 Å². The summed E-state index contributed by atoms with van der Waals surface area (Å²) in [5.41, 5.74) is -0.637. The molecule has 2 saturated heterocycles. The Morgan fingerprint density at radius 2 is 1.93 bits per heavy atom. The van der Waals surface area contributed by atoms with Crippen LogP contribution in [0.4, 0.5) is 0 Å². The lowest BCUT2D eigenvalue weighted by Gasteiger charge is -2.41. The number of aliphatic carboxylic acids is 1. The van der Waals surface area contributed by atoms with Gasteiger partial charge in [-0.3, -0.25) is 4.79 Å². The van der Waals surface area contributed by atoms with E-state index in [1.165, 1.54) is 0 Å². The average molecular weight is 214 g/mol. The fourth-order valence-electron chi connectivity index (χ4n) is 2.73. The number of rotatable bonds is 2. The van der Waals surface area contributed by atoms with E-state index < -0.39 is 11.4 Å². The molecule has 4 heteroatoms. The lowest BCUT2D eigenvalue weighted by molar-refractivity contribution is -0.167. The molecular weight excluding hydrogens is 196 g/mol. The monoisotopic (exact) mass is 214 g/mol. The summed E-state index contributed by atoms with van der Waals surface area (Å²) in [6.45, 7) is 2.48. The zero-order valence-electron chi connectivity index (χ0n) is 8.91. The van der Waals surface area contributed by atoms with Crippen molar-refractivity contribution in [3.8, 4) is 0 Å². The molecule has 1 atom stereocenters.